The number of aromatic carboxylic acids is 1. The number of rotatable bonds is 1. The van der Waals surface area contributed by atoms with Gasteiger partial charge in [-0.3, -0.25) is 9.59 Å². The second-order valence-electron chi connectivity index (χ2n) is 3.98. The highest BCUT2D eigenvalue weighted by Gasteiger charge is 2.24. The Kier molecular flexibility index (Phi) is 2.71. The van der Waals surface area contributed by atoms with Gasteiger partial charge in [0.25, 0.3) is 5.56 Å². The van der Waals surface area contributed by atoms with E-state index in [2.05, 4.69) is 4.98 Å². The number of amides is 1. The molecule has 0 atom stereocenters. The zero-order chi connectivity index (χ0) is 12.6. The Labute approximate surface area is 96.9 Å². The predicted molar refractivity (Wildman–Crippen MR) is 58.8 cm³/mol. The first-order valence-corrected chi connectivity index (χ1v) is 5.23. The van der Waals surface area contributed by atoms with Gasteiger partial charge in [0.1, 0.15) is 0 Å². The number of nitrogens with zero attached hydrogens (tertiary/aromatic N) is 1. The average molecular weight is 236 g/mol. The van der Waals surface area contributed by atoms with Crippen molar-refractivity contribution in [2.75, 3.05) is 6.54 Å². The Hall–Kier alpha value is -2.11. The van der Waals surface area contributed by atoms with E-state index in [9.17, 15) is 14.4 Å². The van der Waals surface area contributed by atoms with Crippen LogP contribution < -0.4 is 5.56 Å². The number of pyridine rings is 1. The van der Waals surface area contributed by atoms with E-state index < -0.39 is 5.97 Å². The highest BCUT2D eigenvalue weighted by atomic mass is 16.4. The number of aromatic nitrogens is 1. The van der Waals surface area contributed by atoms with Gasteiger partial charge < -0.3 is 15.0 Å². The molecule has 0 saturated carbocycles. The summed E-state index contributed by atoms with van der Waals surface area (Å²) in [5.41, 5.74) is 0.712. The number of carboxylic acids is 1. The van der Waals surface area contributed by atoms with Crippen molar-refractivity contribution >= 4 is 11.9 Å². The van der Waals surface area contributed by atoms with Crippen LogP contribution in [0.2, 0.25) is 0 Å². The average Bonchev–Trinajstić information content (AvgIpc) is 2.28. The molecule has 1 aromatic rings. The number of hydrogen-bond donors (Lipinski definition) is 2. The lowest BCUT2D eigenvalue weighted by molar-refractivity contribution is -0.129. The van der Waals surface area contributed by atoms with Gasteiger partial charge in [-0.25, -0.2) is 4.79 Å². The van der Waals surface area contributed by atoms with Crippen LogP contribution in [0.4, 0.5) is 0 Å². The number of carboxylic acid groups (broad SMARTS) is 1. The fraction of sp³-hybridized carbons (Fsp3) is 0.364. The second kappa shape index (κ2) is 4.04. The Bertz CT molecular complexity index is 547. The molecule has 90 valence electrons. The molecule has 0 aromatic carbocycles. The number of fused-ring (bicyclic) bond motifs is 1. The number of nitrogens with one attached hydrogen (secondary N) is 1. The Morgan fingerprint density at radius 3 is 2.71 bits per heavy atom. The van der Waals surface area contributed by atoms with E-state index >= 15 is 0 Å². The zero-order valence-electron chi connectivity index (χ0n) is 9.32. The van der Waals surface area contributed by atoms with Crippen LogP contribution in [0, 0.1) is 0 Å². The molecule has 6 nitrogen and oxygen atoms in total. The molecule has 17 heavy (non-hydrogen) atoms. The fourth-order valence-corrected chi connectivity index (χ4v) is 2.04. The molecule has 2 heterocycles. The van der Waals surface area contributed by atoms with Crippen molar-refractivity contribution < 1.29 is 14.7 Å². The van der Waals surface area contributed by atoms with Gasteiger partial charge in [-0.1, -0.05) is 0 Å². The molecule has 0 saturated heterocycles. The number of H-pyrrole nitrogens is 1. The molecule has 0 bridgehead atoms. The van der Waals surface area contributed by atoms with Crippen molar-refractivity contribution in [1.29, 1.82) is 0 Å². The third-order valence-electron chi connectivity index (χ3n) is 2.97. The van der Waals surface area contributed by atoms with Crippen LogP contribution in [-0.4, -0.2) is 33.4 Å². The molecule has 2 rings (SSSR count). The van der Waals surface area contributed by atoms with Gasteiger partial charge in [-0.2, -0.15) is 0 Å². The first-order valence-electron chi connectivity index (χ1n) is 5.23. The maximum Gasteiger partial charge on any atom is 0.337 e. The minimum atomic E-state index is -1.06. The first-order chi connectivity index (χ1) is 8.00. The van der Waals surface area contributed by atoms with Crippen LogP contribution in [0.1, 0.15) is 28.4 Å². The normalized spacial score (nSPS) is 14.3. The van der Waals surface area contributed by atoms with Gasteiger partial charge in [-0.15, -0.1) is 0 Å². The molecule has 1 aromatic heterocycles. The summed E-state index contributed by atoms with van der Waals surface area (Å²) in [6, 6.07) is 0. The minimum Gasteiger partial charge on any atom is -0.478 e. The molecule has 1 amide bonds. The standard InChI is InChI=1S/C11H12N2O4/c1-6(14)13-3-2-7-8(11(16)17)4-12-10(15)9(7)5-13/h4H,2-3,5H2,1H3,(H,12,15)(H,16,17). The van der Waals surface area contributed by atoms with Crippen molar-refractivity contribution in [3.63, 3.8) is 0 Å². The molecule has 1 aliphatic heterocycles. The van der Waals surface area contributed by atoms with Crippen LogP contribution in [-0.2, 0) is 17.8 Å². The van der Waals surface area contributed by atoms with Crippen molar-refractivity contribution in [2.24, 2.45) is 0 Å². The number of aromatic amines is 1. The molecule has 0 aliphatic carbocycles. The van der Waals surface area contributed by atoms with Gasteiger partial charge in [0.2, 0.25) is 5.91 Å². The summed E-state index contributed by atoms with van der Waals surface area (Å²) in [7, 11) is 0. The van der Waals surface area contributed by atoms with Crippen LogP contribution in [0.25, 0.3) is 0 Å². The monoisotopic (exact) mass is 236 g/mol. The van der Waals surface area contributed by atoms with Gasteiger partial charge in [0.05, 0.1) is 12.1 Å². The highest BCUT2D eigenvalue weighted by molar-refractivity contribution is 5.89. The van der Waals surface area contributed by atoms with E-state index in [0.29, 0.717) is 24.1 Å². The second-order valence-corrected chi connectivity index (χ2v) is 3.98. The summed E-state index contributed by atoms with van der Waals surface area (Å²) in [6.45, 7) is 2.06. The maximum absolute atomic E-state index is 11.6. The van der Waals surface area contributed by atoms with Crippen LogP contribution in [0.5, 0.6) is 0 Å². The summed E-state index contributed by atoms with van der Waals surface area (Å²) < 4.78 is 0. The lowest BCUT2D eigenvalue weighted by Crippen LogP contribution is -2.38. The smallest absolute Gasteiger partial charge is 0.337 e. The molecule has 1 aliphatic rings. The molecular weight excluding hydrogens is 224 g/mol. The lowest BCUT2D eigenvalue weighted by Gasteiger charge is -2.27. The molecule has 0 radical (unpaired) electrons. The van der Waals surface area contributed by atoms with Crippen molar-refractivity contribution in [2.45, 2.75) is 19.9 Å². The topological polar surface area (TPSA) is 90.5 Å². The van der Waals surface area contributed by atoms with Crippen molar-refractivity contribution in [3.8, 4) is 0 Å². The molecular formula is C11H12N2O4. The van der Waals surface area contributed by atoms with Gasteiger partial charge >= 0.3 is 5.97 Å². The summed E-state index contributed by atoms with van der Waals surface area (Å²) in [5, 5.41) is 9.00. The summed E-state index contributed by atoms with van der Waals surface area (Å²) in [6.07, 6.45) is 1.62. The van der Waals surface area contributed by atoms with Crippen molar-refractivity contribution in [1.82, 2.24) is 9.88 Å². The van der Waals surface area contributed by atoms with Crippen LogP contribution in [0.15, 0.2) is 11.0 Å². The van der Waals surface area contributed by atoms with Gasteiger partial charge in [-0.05, 0) is 12.0 Å². The summed E-state index contributed by atoms with van der Waals surface area (Å²) in [4.78, 5) is 37.8. The van der Waals surface area contributed by atoms with E-state index in [0.717, 1.165) is 0 Å². The van der Waals surface area contributed by atoms with E-state index in [1.165, 1.54) is 18.0 Å². The predicted octanol–water partition coefficient (Wildman–Crippen LogP) is -0.0223. The third kappa shape index (κ3) is 1.93. The molecule has 6 heteroatoms. The number of hydrogen-bond acceptors (Lipinski definition) is 3. The first kappa shape index (κ1) is 11.4. The van der Waals surface area contributed by atoms with Gasteiger partial charge in [0, 0.05) is 25.2 Å². The summed E-state index contributed by atoms with van der Waals surface area (Å²) in [5.74, 6) is -1.18. The molecule has 2 N–H and O–H groups in total. The van der Waals surface area contributed by atoms with E-state index in [1.807, 2.05) is 0 Å². The Balaban J connectivity index is 2.51. The van der Waals surface area contributed by atoms with E-state index in [4.69, 9.17) is 5.11 Å². The van der Waals surface area contributed by atoms with Gasteiger partial charge in [0.15, 0.2) is 0 Å². The minimum absolute atomic E-state index is 0.114. The summed E-state index contributed by atoms with van der Waals surface area (Å²) >= 11 is 0. The molecule has 0 spiro atoms. The molecule has 0 unspecified atom stereocenters. The SMILES string of the molecule is CC(=O)N1CCc2c(C(=O)O)c[nH]c(=O)c2C1. The largest absolute Gasteiger partial charge is 0.478 e. The number of carbonyl (C=O) groups is 2. The Morgan fingerprint density at radius 2 is 2.12 bits per heavy atom. The zero-order valence-corrected chi connectivity index (χ0v) is 9.32. The lowest BCUT2D eigenvalue weighted by atomic mass is 9.97. The Morgan fingerprint density at radius 1 is 1.41 bits per heavy atom. The third-order valence-corrected chi connectivity index (χ3v) is 2.97. The van der Waals surface area contributed by atoms with Crippen LogP contribution >= 0.6 is 0 Å². The van der Waals surface area contributed by atoms with E-state index in [-0.39, 0.29) is 23.6 Å². The van der Waals surface area contributed by atoms with Crippen LogP contribution in [0.3, 0.4) is 0 Å². The fourth-order valence-electron chi connectivity index (χ4n) is 2.04. The quantitative estimate of drug-likeness (QED) is 0.716. The van der Waals surface area contributed by atoms with E-state index in [1.54, 1.807) is 0 Å². The maximum atomic E-state index is 11.6. The number of carbonyl (C=O) groups excluding carboxylic acids is 1. The highest BCUT2D eigenvalue weighted by Crippen LogP contribution is 2.19. The molecule has 0 fully saturated rings. The van der Waals surface area contributed by atoms with Crippen molar-refractivity contribution in [3.05, 3.63) is 33.2 Å².